The highest BCUT2D eigenvalue weighted by atomic mass is 35.5. The third kappa shape index (κ3) is 11.5. The number of hydrogen-bond donors (Lipinski definition) is 4. The summed E-state index contributed by atoms with van der Waals surface area (Å²) in [5.74, 6) is -4.33. The molecule has 0 atom stereocenters. The average molecular weight is 1060 g/mol. The van der Waals surface area contributed by atoms with E-state index in [0.717, 1.165) is 32.9 Å². The van der Waals surface area contributed by atoms with Crippen molar-refractivity contribution >= 4 is 128 Å². The molecule has 0 unspecified atom stereocenters. The van der Waals surface area contributed by atoms with Crippen LogP contribution in [0.4, 0.5) is 0 Å². The number of nitrogens with one attached hydrogen (secondary N) is 2. The molecule has 2 aliphatic heterocycles. The van der Waals surface area contributed by atoms with Crippen LogP contribution in [0.15, 0.2) is 95.0 Å². The van der Waals surface area contributed by atoms with E-state index >= 15 is 0 Å². The van der Waals surface area contributed by atoms with Crippen LogP contribution in [0.1, 0.15) is 36.8 Å². The number of carbonyl (C=O) groups is 6. The maximum absolute atomic E-state index is 13.6. The predicted octanol–water partition coefficient (Wildman–Crippen LogP) is 9.67. The van der Waals surface area contributed by atoms with E-state index in [-0.39, 0.29) is 43.7 Å². The molecule has 0 spiro atoms. The van der Waals surface area contributed by atoms with Crippen LogP contribution in [0.2, 0.25) is 20.1 Å². The van der Waals surface area contributed by atoms with Gasteiger partial charge in [-0.05, 0) is 109 Å². The molecule has 8 rings (SSSR count). The number of aliphatic carboxylic acids is 2. The second-order valence-corrected chi connectivity index (χ2v) is 20.1. The summed E-state index contributed by atoms with van der Waals surface area (Å²) in [6.07, 6.45) is 11.7. The molecule has 2 fully saturated rings. The van der Waals surface area contributed by atoms with Crippen LogP contribution in [0.25, 0.3) is 56.2 Å². The van der Waals surface area contributed by atoms with Gasteiger partial charge in [0.25, 0.3) is 0 Å². The summed E-state index contributed by atoms with van der Waals surface area (Å²) in [7, 11) is 3.92. The first-order valence-electron chi connectivity index (χ1n) is 22.7. The van der Waals surface area contributed by atoms with Gasteiger partial charge in [0.05, 0.1) is 20.1 Å². The van der Waals surface area contributed by atoms with E-state index < -0.39 is 36.9 Å². The molecule has 6 aromatic rings. The van der Waals surface area contributed by atoms with Gasteiger partial charge < -0.3 is 39.8 Å². The second kappa shape index (κ2) is 22.0. The van der Waals surface area contributed by atoms with Gasteiger partial charge in [-0.3, -0.25) is 28.8 Å². The Bertz CT molecular complexity index is 2980. The van der Waals surface area contributed by atoms with Gasteiger partial charge in [0.2, 0.25) is 23.6 Å². The number of aromatic nitrogens is 2. The number of carboxylic acids is 2. The van der Waals surface area contributed by atoms with Crippen molar-refractivity contribution in [2.75, 3.05) is 39.3 Å². The molecule has 4 aromatic carbocycles. The molecule has 0 bridgehead atoms. The zero-order chi connectivity index (χ0) is 50.7. The van der Waals surface area contributed by atoms with Crippen LogP contribution >= 0.6 is 58.2 Å². The summed E-state index contributed by atoms with van der Waals surface area (Å²) >= 11 is 30.1. The van der Waals surface area contributed by atoms with Crippen LogP contribution in [-0.2, 0) is 42.9 Å². The Morgan fingerprint density at radius 3 is 1.32 bits per heavy atom. The van der Waals surface area contributed by atoms with Gasteiger partial charge in [0.15, 0.2) is 0 Å². The Kier molecular flexibility index (Phi) is 15.9. The Labute approximate surface area is 433 Å². The molecule has 0 aliphatic carbocycles. The number of piperidine rings is 2. The number of carbonyl (C=O) groups excluding carboxylic acids is 4. The van der Waals surface area contributed by atoms with Gasteiger partial charge in [-0.25, -0.2) is 0 Å². The maximum atomic E-state index is 13.6. The largest absolute Gasteiger partial charge is 0.480 e. The topological polar surface area (TPSA) is 183 Å². The fourth-order valence-electron chi connectivity index (χ4n) is 9.06. The lowest BCUT2D eigenvalue weighted by molar-refractivity contribution is -0.139. The fraction of sp³-hybridized carbons (Fsp3) is 0.269. The highest BCUT2D eigenvalue weighted by Gasteiger charge is 2.29. The monoisotopic (exact) mass is 1060 g/mol. The van der Waals surface area contributed by atoms with E-state index in [1.54, 1.807) is 22.0 Å². The highest BCUT2D eigenvalue weighted by molar-refractivity contribution is 7.99. The molecule has 4 amide bonds. The van der Waals surface area contributed by atoms with Crippen LogP contribution in [0, 0.1) is 11.8 Å². The number of amides is 4. The number of likely N-dealkylation sites (tertiary alicyclic amines) is 2. The van der Waals surface area contributed by atoms with Crippen molar-refractivity contribution in [2.24, 2.45) is 25.9 Å². The van der Waals surface area contributed by atoms with Gasteiger partial charge in [0.1, 0.15) is 13.1 Å². The van der Waals surface area contributed by atoms with E-state index in [2.05, 4.69) is 10.6 Å². The zero-order valence-electron chi connectivity index (χ0n) is 38.5. The van der Waals surface area contributed by atoms with E-state index in [4.69, 9.17) is 56.6 Å². The van der Waals surface area contributed by atoms with Gasteiger partial charge in [-0.2, -0.15) is 0 Å². The van der Waals surface area contributed by atoms with Crippen molar-refractivity contribution in [3.8, 4) is 22.3 Å². The minimum atomic E-state index is -1.13. The summed E-state index contributed by atoms with van der Waals surface area (Å²) in [6.45, 7) is 0.313. The second-order valence-electron chi connectivity index (χ2n) is 17.5. The lowest BCUT2D eigenvalue weighted by atomic mass is 9.95. The number of fused-ring (bicyclic) bond motifs is 2. The van der Waals surface area contributed by atoms with E-state index in [1.807, 2.05) is 96.3 Å². The van der Waals surface area contributed by atoms with Crippen molar-refractivity contribution in [1.29, 1.82) is 0 Å². The van der Waals surface area contributed by atoms with E-state index in [0.29, 0.717) is 83.9 Å². The number of carboxylic acid groups (broad SMARTS) is 2. The van der Waals surface area contributed by atoms with Crippen LogP contribution < -0.4 is 10.6 Å². The van der Waals surface area contributed by atoms with E-state index in [1.165, 1.54) is 23.9 Å². The standard InChI is InChI=1S/C52H48Cl4N6O8S/c1-59-17-11-33-23-31(3-7-39(33)59)37-25-41(49(55)47(53)35(37)5-9-43(63)61-19-13-29(14-20-61)51(69)57-27-45(65)66)71-42-26-38(32-4-8-40-34(24-32)12-18-60(40)2)36(48(54)50(42)56)6-10-44(64)62-21-15-30(16-22-62)52(70)58-28-46(67)68/h3-12,17-18,23-26,29-30H,13-16,19-22,27-28H2,1-2H3,(H,57,69)(H,58,70)(H,65,66)(H,67,68)/b9-5+,10-6+. The quantitative estimate of drug-likeness (QED) is 0.0772. The number of halogens is 4. The fourth-order valence-corrected chi connectivity index (χ4v) is 11.2. The summed E-state index contributed by atoms with van der Waals surface area (Å²) in [6, 6.07) is 19.8. The Morgan fingerprint density at radius 1 is 0.577 bits per heavy atom. The van der Waals surface area contributed by atoms with Gasteiger partial charge in [-0.15, -0.1) is 0 Å². The minimum absolute atomic E-state index is 0.192. The van der Waals surface area contributed by atoms with Gasteiger partial charge >= 0.3 is 11.9 Å². The van der Waals surface area contributed by atoms with Crippen LogP contribution in [0.5, 0.6) is 0 Å². The van der Waals surface area contributed by atoms with Crippen LogP contribution in [0.3, 0.4) is 0 Å². The third-order valence-corrected chi connectivity index (χ3v) is 16.1. The number of aryl methyl sites for hydroxylation is 2. The summed E-state index contributed by atoms with van der Waals surface area (Å²) in [5.41, 5.74) is 6.02. The van der Waals surface area contributed by atoms with Gasteiger partial charge in [0, 0.05) is 119 Å². The summed E-state index contributed by atoms with van der Waals surface area (Å²) in [4.78, 5) is 78.6. The molecule has 0 radical (unpaired) electrons. The minimum Gasteiger partial charge on any atom is -0.480 e. The number of hydrogen-bond acceptors (Lipinski definition) is 7. The van der Waals surface area contributed by atoms with Crippen molar-refractivity contribution < 1.29 is 39.0 Å². The Balaban J connectivity index is 1.12. The zero-order valence-corrected chi connectivity index (χ0v) is 42.4. The molecular weight excluding hydrogens is 1010 g/mol. The van der Waals surface area contributed by atoms with Gasteiger partial charge in [-0.1, -0.05) is 70.3 Å². The predicted molar refractivity (Wildman–Crippen MR) is 279 cm³/mol. The smallest absolute Gasteiger partial charge is 0.322 e. The maximum Gasteiger partial charge on any atom is 0.322 e. The molecule has 4 N–H and O–H groups in total. The van der Waals surface area contributed by atoms with Crippen LogP contribution in [-0.4, -0.2) is 104 Å². The Morgan fingerprint density at radius 2 is 0.958 bits per heavy atom. The van der Waals surface area contributed by atoms with Crippen molar-refractivity contribution in [3.05, 3.63) is 116 Å². The molecule has 368 valence electrons. The molecule has 4 heterocycles. The molecule has 0 saturated carbocycles. The summed E-state index contributed by atoms with van der Waals surface area (Å²) in [5, 5.41) is 25.5. The molecular formula is C52H48Cl4N6O8S. The van der Waals surface area contributed by atoms with Crippen molar-refractivity contribution in [1.82, 2.24) is 29.6 Å². The first-order chi connectivity index (χ1) is 34.0. The number of rotatable bonds is 14. The normalized spacial score (nSPS) is 14.8. The summed E-state index contributed by atoms with van der Waals surface area (Å²) < 4.78 is 4.03. The molecule has 2 aromatic heterocycles. The number of benzene rings is 4. The molecule has 71 heavy (non-hydrogen) atoms. The molecule has 14 nitrogen and oxygen atoms in total. The molecule has 2 aliphatic rings. The van der Waals surface area contributed by atoms with Crippen molar-refractivity contribution in [2.45, 2.75) is 35.5 Å². The number of nitrogens with zero attached hydrogens (tertiary/aromatic N) is 4. The average Bonchev–Trinajstić information content (AvgIpc) is 3.94. The lowest BCUT2D eigenvalue weighted by Crippen LogP contribution is -2.43. The highest BCUT2D eigenvalue weighted by Crippen LogP contribution is 2.49. The Hall–Kier alpha value is -6.23. The first-order valence-corrected chi connectivity index (χ1v) is 25.1. The third-order valence-electron chi connectivity index (χ3n) is 13.0. The molecule has 2 saturated heterocycles. The molecule has 19 heteroatoms. The first kappa shape index (κ1) is 51.1. The van der Waals surface area contributed by atoms with E-state index in [9.17, 15) is 28.8 Å². The SMILES string of the molecule is Cn1ccc2cc(-c3cc(Sc4cc(-c5ccc6c(ccn6C)c5)c(/C=C/C(=O)N5CCC(C(=O)NCC(=O)O)CC5)c(Cl)c4Cl)c(Cl)c(Cl)c3/C=C/C(=O)N3CCC(C(=O)NCC(=O)O)CC3)ccc21. The lowest BCUT2D eigenvalue weighted by Gasteiger charge is -2.30. The van der Waals surface area contributed by atoms with Crippen molar-refractivity contribution in [3.63, 3.8) is 0 Å².